The first kappa shape index (κ1) is 31.5. The molecule has 1 atom stereocenters. The summed E-state index contributed by atoms with van der Waals surface area (Å²) in [4.78, 5) is 12.1. The van der Waals surface area contributed by atoms with E-state index in [0.717, 1.165) is 6.42 Å². The molecule has 0 heterocycles. The van der Waals surface area contributed by atoms with E-state index >= 15 is 0 Å². The summed E-state index contributed by atoms with van der Waals surface area (Å²) in [6, 6.07) is 0. The summed E-state index contributed by atoms with van der Waals surface area (Å²) < 4.78 is 5.68. The lowest BCUT2D eigenvalue weighted by Gasteiger charge is -2.17. The molecule has 0 aliphatic heterocycles. The van der Waals surface area contributed by atoms with E-state index < -0.39 is 0 Å². The van der Waals surface area contributed by atoms with Gasteiger partial charge in [0.2, 0.25) is 0 Å². The van der Waals surface area contributed by atoms with Crippen LogP contribution < -0.4 is 0 Å². The number of carbonyl (C=O) groups excluding carboxylic acids is 1. The second-order valence-electron chi connectivity index (χ2n) is 10.2. The van der Waals surface area contributed by atoms with Crippen molar-refractivity contribution in [1.29, 1.82) is 0 Å². The molecule has 0 amide bonds. The lowest BCUT2D eigenvalue weighted by atomic mass is 9.95. The molecule has 0 bridgehead atoms. The van der Waals surface area contributed by atoms with Crippen LogP contribution in [0.5, 0.6) is 0 Å². The molecule has 2 nitrogen and oxygen atoms in total. The summed E-state index contributed by atoms with van der Waals surface area (Å²) in [5.74, 6) is 0.619. The maximum absolute atomic E-state index is 12.1. The Morgan fingerprint density at radius 1 is 0.500 bits per heavy atom. The predicted octanol–water partition coefficient (Wildman–Crippen LogP) is 10.6. The van der Waals surface area contributed by atoms with Crippen molar-refractivity contribution in [2.45, 2.75) is 175 Å². The van der Waals surface area contributed by atoms with Crippen molar-refractivity contribution >= 4 is 5.97 Å². The molecule has 0 N–H and O–H groups in total. The van der Waals surface area contributed by atoms with Crippen LogP contribution in [0.15, 0.2) is 0 Å². The summed E-state index contributed by atoms with van der Waals surface area (Å²) in [7, 11) is 0. The fourth-order valence-electron chi connectivity index (χ4n) is 4.60. The van der Waals surface area contributed by atoms with Gasteiger partial charge in [-0.2, -0.15) is 0 Å². The molecule has 0 fully saturated rings. The molecule has 0 saturated carbocycles. The fraction of sp³-hybridized carbons (Fsp3) is 0.967. The predicted molar refractivity (Wildman–Crippen MR) is 142 cm³/mol. The fourth-order valence-corrected chi connectivity index (χ4v) is 4.60. The van der Waals surface area contributed by atoms with Gasteiger partial charge in [-0.15, -0.1) is 0 Å². The maximum atomic E-state index is 12.1. The van der Waals surface area contributed by atoms with Gasteiger partial charge < -0.3 is 4.74 Å². The Hall–Kier alpha value is -0.530. The molecule has 0 aromatic heterocycles. The minimum atomic E-state index is 0.0377. The van der Waals surface area contributed by atoms with Crippen LogP contribution in [0.2, 0.25) is 0 Å². The van der Waals surface area contributed by atoms with Crippen molar-refractivity contribution in [1.82, 2.24) is 0 Å². The number of esters is 1. The van der Waals surface area contributed by atoms with E-state index in [1.807, 2.05) is 0 Å². The summed E-state index contributed by atoms with van der Waals surface area (Å²) in [5, 5.41) is 0. The smallest absolute Gasteiger partial charge is 0.305 e. The third-order valence-electron chi connectivity index (χ3n) is 6.90. The van der Waals surface area contributed by atoms with Gasteiger partial charge in [0.25, 0.3) is 0 Å². The largest absolute Gasteiger partial charge is 0.465 e. The van der Waals surface area contributed by atoms with E-state index in [2.05, 4.69) is 20.8 Å². The molecule has 0 saturated heterocycles. The Labute approximate surface area is 203 Å². The van der Waals surface area contributed by atoms with Crippen molar-refractivity contribution in [3.63, 3.8) is 0 Å². The molecular weight excluding hydrogens is 392 g/mol. The number of unbranched alkanes of at least 4 members (excludes halogenated alkanes) is 18. The van der Waals surface area contributed by atoms with Gasteiger partial charge in [-0.1, -0.05) is 149 Å². The van der Waals surface area contributed by atoms with E-state index in [1.54, 1.807) is 0 Å². The highest BCUT2D eigenvalue weighted by molar-refractivity contribution is 5.69. The maximum Gasteiger partial charge on any atom is 0.305 e. The zero-order valence-electron chi connectivity index (χ0n) is 22.6. The summed E-state index contributed by atoms with van der Waals surface area (Å²) >= 11 is 0. The van der Waals surface area contributed by atoms with Crippen molar-refractivity contribution in [2.75, 3.05) is 6.61 Å². The first-order valence-corrected chi connectivity index (χ1v) is 14.9. The number of carbonyl (C=O) groups is 1. The number of hydrogen-bond donors (Lipinski definition) is 0. The average Bonchev–Trinajstić information content (AvgIpc) is 2.80. The van der Waals surface area contributed by atoms with Crippen molar-refractivity contribution in [3.05, 3.63) is 0 Å². The zero-order chi connectivity index (χ0) is 23.5. The molecule has 0 radical (unpaired) electrons. The van der Waals surface area contributed by atoms with Gasteiger partial charge in [-0.05, 0) is 25.2 Å². The van der Waals surface area contributed by atoms with E-state index in [-0.39, 0.29) is 5.97 Å². The van der Waals surface area contributed by atoms with Gasteiger partial charge in [-0.25, -0.2) is 0 Å². The van der Waals surface area contributed by atoms with Crippen LogP contribution in [0.25, 0.3) is 0 Å². The third-order valence-corrected chi connectivity index (χ3v) is 6.90. The van der Waals surface area contributed by atoms with E-state index in [4.69, 9.17) is 4.74 Å². The number of rotatable bonds is 26. The van der Waals surface area contributed by atoms with E-state index in [9.17, 15) is 4.79 Å². The lowest BCUT2D eigenvalue weighted by molar-refractivity contribution is -0.145. The highest BCUT2D eigenvalue weighted by Crippen LogP contribution is 2.20. The van der Waals surface area contributed by atoms with Crippen LogP contribution >= 0.6 is 0 Å². The molecule has 2 heteroatoms. The standard InChI is InChI=1S/C30H60O2/c1-4-7-10-12-14-15-16-17-18-19-20-23-26-29(25-22-9-6-3)28-32-30(31)27-24-21-13-11-8-5-2/h29H,4-28H2,1-3H3. The second kappa shape index (κ2) is 26.7. The van der Waals surface area contributed by atoms with Crippen LogP contribution in [0.3, 0.4) is 0 Å². The van der Waals surface area contributed by atoms with Crippen LogP contribution in [0.4, 0.5) is 0 Å². The van der Waals surface area contributed by atoms with Gasteiger partial charge in [0, 0.05) is 6.42 Å². The minimum Gasteiger partial charge on any atom is -0.465 e. The third kappa shape index (κ3) is 24.1. The van der Waals surface area contributed by atoms with Crippen LogP contribution in [0, 0.1) is 5.92 Å². The molecule has 0 spiro atoms. The second-order valence-corrected chi connectivity index (χ2v) is 10.2. The van der Waals surface area contributed by atoms with Crippen molar-refractivity contribution < 1.29 is 9.53 Å². The summed E-state index contributed by atoms with van der Waals surface area (Å²) in [6.07, 6.45) is 31.1. The molecule has 0 aliphatic rings. The van der Waals surface area contributed by atoms with Gasteiger partial charge in [-0.3, -0.25) is 4.79 Å². The summed E-state index contributed by atoms with van der Waals surface area (Å²) in [5.41, 5.74) is 0. The Bertz CT molecular complexity index is 366. The first-order chi connectivity index (χ1) is 15.7. The molecule has 192 valence electrons. The van der Waals surface area contributed by atoms with Crippen LogP contribution in [-0.2, 0) is 9.53 Å². The Balaban J connectivity index is 3.75. The van der Waals surface area contributed by atoms with Gasteiger partial charge >= 0.3 is 5.97 Å². The van der Waals surface area contributed by atoms with Gasteiger partial charge in [0.1, 0.15) is 0 Å². The molecule has 0 aromatic carbocycles. The van der Waals surface area contributed by atoms with Gasteiger partial charge in [0.15, 0.2) is 0 Å². The Morgan fingerprint density at radius 2 is 0.844 bits per heavy atom. The van der Waals surface area contributed by atoms with Crippen LogP contribution in [-0.4, -0.2) is 12.6 Å². The van der Waals surface area contributed by atoms with Gasteiger partial charge in [0.05, 0.1) is 6.61 Å². The van der Waals surface area contributed by atoms with E-state index in [1.165, 1.54) is 141 Å². The monoisotopic (exact) mass is 452 g/mol. The molecule has 0 aromatic rings. The SMILES string of the molecule is CCCCCCCCCCCCCCC(CCCCC)COC(=O)CCCCCCCC. The van der Waals surface area contributed by atoms with Crippen LogP contribution in [0.1, 0.15) is 175 Å². The normalized spacial score (nSPS) is 12.2. The molecule has 1 unspecified atom stereocenters. The first-order valence-electron chi connectivity index (χ1n) is 14.9. The van der Waals surface area contributed by atoms with Crippen molar-refractivity contribution in [3.8, 4) is 0 Å². The Kier molecular flexibility index (Phi) is 26.3. The van der Waals surface area contributed by atoms with Crippen molar-refractivity contribution in [2.24, 2.45) is 5.92 Å². The topological polar surface area (TPSA) is 26.3 Å². The molecule has 32 heavy (non-hydrogen) atoms. The highest BCUT2D eigenvalue weighted by atomic mass is 16.5. The lowest BCUT2D eigenvalue weighted by Crippen LogP contribution is -2.14. The summed E-state index contributed by atoms with van der Waals surface area (Å²) in [6.45, 7) is 7.46. The van der Waals surface area contributed by atoms with E-state index in [0.29, 0.717) is 18.9 Å². The quantitative estimate of drug-likeness (QED) is 0.0963. The minimum absolute atomic E-state index is 0.0377. The zero-order valence-corrected chi connectivity index (χ0v) is 22.6. The molecular formula is C30H60O2. The highest BCUT2D eigenvalue weighted by Gasteiger charge is 2.12. The number of hydrogen-bond acceptors (Lipinski definition) is 2. The molecule has 0 rings (SSSR count). The Morgan fingerprint density at radius 3 is 1.31 bits per heavy atom. The number of ether oxygens (including phenoxy) is 1. The molecule has 0 aliphatic carbocycles. The average molecular weight is 453 g/mol.